The van der Waals surface area contributed by atoms with Gasteiger partial charge in [-0.3, -0.25) is 19.8 Å². The normalized spacial score (nSPS) is 11.0. The van der Waals surface area contributed by atoms with Gasteiger partial charge in [0.1, 0.15) is 11.3 Å². The van der Waals surface area contributed by atoms with Gasteiger partial charge in [0.05, 0.1) is 11.0 Å². The van der Waals surface area contributed by atoms with Crippen LogP contribution in [0.25, 0.3) is 0 Å². The van der Waals surface area contributed by atoms with Crippen molar-refractivity contribution in [1.29, 1.82) is 0 Å². The van der Waals surface area contributed by atoms with Crippen molar-refractivity contribution in [2.75, 3.05) is 4.90 Å². The predicted octanol–water partition coefficient (Wildman–Crippen LogP) is 4.02. The topological polar surface area (TPSA) is 123 Å². The summed E-state index contributed by atoms with van der Waals surface area (Å²) < 4.78 is 19.4. The molecule has 1 aromatic carbocycles. The Hall–Kier alpha value is -3.56. The molecule has 0 radical (unpaired) electrons. The summed E-state index contributed by atoms with van der Waals surface area (Å²) in [5, 5.41) is 20.2. The van der Waals surface area contributed by atoms with Crippen LogP contribution in [0, 0.1) is 15.9 Å². The highest BCUT2D eigenvalue weighted by molar-refractivity contribution is 5.95. The maximum absolute atomic E-state index is 14.1. The van der Waals surface area contributed by atoms with Crippen LogP contribution in [0.4, 0.5) is 20.7 Å². The standard InChI is InChI=1S/C17H16FN3O6/c1-17(2,3)20(16(23)24)15-11(9-22)13(6-7-19-15)27-14-5-4-10(21(25)26)8-12(14)18/h4-9H,1-3H3,(H,23,24). The van der Waals surface area contributed by atoms with Gasteiger partial charge in [-0.05, 0) is 26.8 Å². The Morgan fingerprint density at radius 3 is 2.48 bits per heavy atom. The van der Waals surface area contributed by atoms with Crippen LogP contribution >= 0.6 is 0 Å². The molecule has 0 spiro atoms. The summed E-state index contributed by atoms with van der Waals surface area (Å²) in [4.78, 5) is 38.0. The smallest absolute Gasteiger partial charge is 0.413 e. The van der Waals surface area contributed by atoms with E-state index in [-0.39, 0.29) is 22.9 Å². The number of aldehydes is 1. The first-order valence-corrected chi connectivity index (χ1v) is 7.65. The molecular weight excluding hydrogens is 361 g/mol. The molecule has 0 aliphatic carbocycles. The van der Waals surface area contributed by atoms with Crippen LogP contribution in [-0.2, 0) is 0 Å². The number of hydrogen-bond donors (Lipinski definition) is 1. The van der Waals surface area contributed by atoms with Crippen molar-refractivity contribution >= 4 is 23.9 Å². The zero-order valence-electron chi connectivity index (χ0n) is 14.7. The molecule has 1 heterocycles. The second kappa shape index (κ2) is 7.36. The van der Waals surface area contributed by atoms with Crippen LogP contribution in [0.5, 0.6) is 11.5 Å². The number of ether oxygens (including phenoxy) is 1. The summed E-state index contributed by atoms with van der Waals surface area (Å²) in [6, 6.07) is 4.02. The first-order valence-electron chi connectivity index (χ1n) is 7.65. The van der Waals surface area contributed by atoms with Gasteiger partial charge >= 0.3 is 6.09 Å². The fourth-order valence-electron chi connectivity index (χ4n) is 2.32. The first-order chi connectivity index (χ1) is 12.6. The maximum atomic E-state index is 14.1. The number of rotatable bonds is 5. The molecule has 0 atom stereocenters. The van der Waals surface area contributed by atoms with E-state index < -0.39 is 28.1 Å². The molecule has 2 aromatic rings. The third kappa shape index (κ3) is 4.17. The van der Waals surface area contributed by atoms with E-state index in [4.69, 9.17) is 4.74 Å². The van der Waals surface area contributed by atoms with Gasteiger partial charge in [0.25, 0.3) is 5.69 Å². The Morgan fingerprint density at radius 1 is 1.33 bits per heavy atom. The monoisotopic (exact) mass is 377 g/mol. The predicted molar refractivity (Wildman–Crippen MR) is 93.0 cm³/mol. The van der Waals surface area contributed by atoms with E-state index in [2.05, 4.69) is 4.98 Å². The Kier molecular flexibility index (Phi) is 5.39. The van der Waals surface area contributed by atoms with Gasteiger partial charge in [-0.1, -0.05) is 0 Å². The number of nitrogens with zero attached hydrogens (tertiary/aromatic N) is 3. The molecule has 0 saturated heterocycles. The van der Waals surface area contributed by atoms with E-state index in [0.717, 1.165) is 17.0 Å². The van der Waals surface area contributed by atoms with Crippen molar-refractivity contribution in [2.45, 2.75) is 26.3 Å². The number of halogens is 1. The summed E-state index contributed by atoms with van der Waals surface area (Å²) in [5.74, 6) is -1.69. The molecule has 0 fully saturated rings. The summed E-state index contributed by atoms with van der Waals surface area (Å²) >= 11 is 0. The molecule has 1 amide bonds. The van der Waals surface area contributed by atoms with E-state index in [9.17, 15) is 29.2 Å². The lowest BCUT2D eigenvalue weighted by molar-refractivity contribution is -0.385. The Balaban J connectivity index is 2.52. The van der Waals surface area contributed by atoms with Crippen LogP contribution in [-0.4, -0.2) is 32.9 Å². The zero-order chi connectivity index (χ0) is 20.4. The highest BCUT2D eigenvalue weighted by atomic mass is 19.1. The number of benzene rings is 1. The molecule has 0 bridgehead atoms. The van der Waals surface area contributed by atoms with Crippen LogP contribution in [0.1, 0.15) is 31.1 Å². The number of pyridine rings is 1. The van der Waals surface area contributed by atoms with Crippen molar-refractivity contribution in [2.24, 2.45) is 0 Å². The van der Waals surface area contributed by atoms with Crippen molar-refractivity contribution in [1.82, 2.24) is 4.98 Å². The largest absolute Gasteiger partial charge is 0.465 e. The molecule has 1 aromatic heterocycles. The number of aromatic nitrogens is 1. The van der Waals surface area contributed by atoms with Gasteiger partial charge in [-0.15, -0.1) is 0 Å². The van der Waals surface area contributed by atoms with Crippen molar-refractivity contribution in [3.05, 3.63) is 52.0 Å². The van der Waals surface area contributed by atoms with Gasteiger partial charge in [0, 0.05) is 23.9 Å². The van der Waals surface area contributed by atoms with Gasteiger partial charge in [0.15, 0.2) is 23.7 Å². The highest BCUT2D eigenvalue weighted by Gasteiger charge is 2.32. The number of nitro groups is 1. The van der Waals surface area contributed by atoms with Crippen LogP contribution in [0.15, 0.2) is 30.5 Å². The highest BCUT2D eigenvalue weighted by Crippen LogP contribution is 2.34. The average molecular weight is 377 g/mol. The summed E-state index contributed by atoms with van der Waals surface area (Å²) in [6.45, 7) is 4.84. The molecule has 0 unspecified atom stereocenters. The fraction of sp³-hybridized carbons (Fsp3) is 0.235. The molecule has 10 heteroatoms. The number of carbonyl (C=O) groups excluding carboxylic acids is 1. The second-order valence-electron chi connectivity index (χ2n) is 6.43. The summed E-state index contributed by atoms with van der Waals surface area (Å²) in [7, 11) is 0. The minimum absolute atomic E-state index is 0.141. The fourth-order valence-corrected chi connectivity index (χ4v) is 2.32. The number of amides is 1. The third-order valence-electron chi connectivity index (χ3n) is 3.47. The van der Waals surface area contributed by atoms with Crippen molar-refractivity contribution in [3.63, 3.8) is 0 Å². The second-order valence-corrected chi connectivity index (χ2v) is 6.43. The van der Waals surface area contributed by atoms with Gasteiger partial charge in [-0.2, -0.15) is 0 Å². The zero-order valence-corrected chi connectivity index (χ0v) is 14.7. The lowest BCUT2D eigenvalue weighted by Crippen LogP contribution is -2.46. The Morgan fingerprint density at radius 2 is 2.00 bits per heavy atom. The molecule has 0 aliphatic rings. The van der Waals surface area contributed by atoms with Crippen LogP contribution in [0.3, 0.4) is 0 Å². The van der Waals surface area contributed by atoms with Crippen LogP contribution in [0.2, 0.25) is 0 Å². The SMILES string of the molecule is CC(C)(C)N(C(=O)O)c1nccc(Oc2ccc([N+](=O)[O-])cc2F)c1C=O. The molecule has 0 aliphatic heterocycles. The number of anilines is 1. The van der Waals surface area contributed by atoms with E-state index in [0.29, 0.717) is 12.4 Å². The van der Waals surface area contributed by atoms with E-state index in [1.165, 1.54) is 12.3 Å². The average Bonchev–Trinajstić information content (AvgIpc) is 2.55. The molecule has 2 rings (SSSR count). The maximum Gasteiger partial charge on any atom is 0.413 e. The van der Waals surface area contributed by atoms with Crippen LogP contribution < -0.4 is 9.64 Å². The molecular formula is C17H16FN3O6. The number of non-ortho nitro benzene ring substituents is 1. The third-order valence-corrected chi connectivity index (χ3v) is 3.47. The van der Waals surface area contributed by atoms with E-state index in [1.807, 2.05) is 0 Å². The molecule has 142 valence electrons. The number of hydrogen-bond acceptors (Lipinski definition) is 6. The minimum Gasteiger partial charge on any atom is -0.465 e. The summed E-state index contributed by atoms with van der Waals surface area (Å²) in [5.41, 5.74) is -1.59. The molecule has 1 N–H and O–H groups in total. The Labute approximate surface area is 153 Å². The van der Waals surface area contributed by atoms with E-state index >= 15 is 0 Å². The lowest BCUT2D eigenvalue weighted by atomic mass is 10.1. The number of carboxylic acid groups (broad SMARTS) is 1. The molecule has 0 saturated carbocycles. The van der Waals surface area contributed by atoms with Gasteiger partial charge < -0.3 is 9.84 Å². The number of nitro benzene ring substituents is 1. The molecule has 27 heavy (non-hydrogen) atoms. The summed E-state index contributed by atoms with van der Waals surface area (Å²) in [6.07, 6.45) is 0.224. The van der Waals surface area contributed by atoms with Gasteiger partial charge in [-0.25, -0.2) is 14.2 Å². The minimum atomic E-state index is -1.34. The number of carbonyl (C=O) groups is 2. The lowest BCUT2D eigenvalue weighted by Gasteiger charge is -2.33. The Bertz CT molecular complexity index is 910. The van der Waals surface area contributed by atoms with E-state index in [1.54, 1.807) is 20.8 Å². The van der Waals surface area contributed by atoms with Crippen molar-refractivity contribution in [3.8, 4) is 11.5 Å². The quantitative estimate of drug-likeness (QED) is 0.474. The first kappa shape index (κ1) is 19.8. The van der Waals surface area contributed by atoms with Gasteiger partial charge in [0.2, 0.25) is 0 Å². The molecule has 9 nitrogen and oxygen atoms in total. The van der Waals surface area contributed by atoms with Crippen molar-refractivity contribution < 1.29 is 28.7 Å².